The number of carbonyl (C=O) groups is 1. The fourth-order valence-corrected chi connectivity index (χ4v) is 4.89. The van der Waals surface area contributed by atoms with E-state index in [9.17, 15) is 19.4 Å². The lowest BCUT2D eigenvalue weighted by molar-refractivity contribution is -0.123. The van der Waals surface area contributed by atoms with Crippen molar-refractivity contribution in [2.24, 2.45) is 5.73 Å². The van der Waals surface area contributed by atoms with E-state index in [0.29, 0.717) is 6.42 Å². The van der Waals surface area contributed by atoms with Gasteiger partial charge < -0.3 is 21.1 Å². The van der Waals surface area contributed by atoms with Gasteiger partial charge in [0.25, 0.3) is 0 Å². The highest BCUT2D eigenvalue weighted by molar-refractivity contribution is 7.47. The molecule has 8 nitrogen and oxygen atoms in total. The second-order valence-corrected chi connectivity index (χ2v) is 11.8. The summed E-state index contributed by atoms with van der Waals surface area (Å²) in [4.78, 5) is 22.4. The van der Waals surface area contributed by atoms with Crippen LogP contribution in [0, 0.1) is 0 Å². The normalized spacial score (nSPS) is 15.1. The van der Waals surface area contributed by atoms with E-state index in [1.807, 2.05) is 6.08 Å². The summed E-state index contributed by atoms with van der Waals surface area (Å²) in [5, 5.41) is 13.4. The van der Waals surface area contributed by atoms with E-state index in [2.05, 4.69) is 31.3 Å². The molecule has 39 heavy (non-hydrogen) atoms. The molecule has 0 aromatic rings. The smallest absolute Gasteiger partial charge is 0.387 e. The van der Waals surface area contributed by atoms with Gasteiger partial charge in [-0.2, -0.15) is 0 Å². The van der Waals surface area contributed by atoms with Crippen LogP contribution in [0.3, 0.4) is 0 Å². The number of hydrogen-bond acceptors (Lipinski definition) is 6. The van der Waals surface area contributed by atoms with Gasteiger partial charge in [0.15, 0.2) is 0 Å². The summed E-state index contributed by atoms with van der Waals surface area (Å²) in [6.07, 6.45) is 26.6. The molecule has 0 radical (unpaired) electrons. The largest absolute Gasteiger partial charge is 0.472 e. The zero-order chi connectivity index (χ0) is 29.0. The van der Waals surface area contributed by atoms with Crippen molar-refractivity contribution in [1.29, 1.82) is 0 Å². The van der Waals surface area contributed by atoms with Crippen molar-refractivity contribution in [2.45, 2.75) is 142 Å². The standard InChI is InChI=1S/C30H59N2O6P/c1-3-5-7-9-11-13-14-15-16-18-20-22-24-30(34)32-28(27-38-39(35,36)37-26-25-31)29(33)23-21-19-17-12-10-8-6-4-2/h10,12,21,23,28-29,33H,3-9,11,13-20,22,24-27,31H2,1-2H3,(H,32,34)(H,35,36)/b12-10+,23-21+. The summed E-state index contributed by atoms with van der Waals surface area (Å²) in [6.45, 7) is 3.99. The molecular weight excluding hydrogens is 515 g/mol. The van der Waals surface area contributed by atoms with Gasteiger partial charge >= 0.3 is 7.82 Å². The third-order valence-electron chi connectivity index (χ3n) is 6.53. The van der Waals surface area contributed by atoms with E-state index in [0.717, 1.165) is 38.5 Å². The summed E-state index contributed by atoms with van der Waals surface area (Å²) in [7, 11) is -4.32. The number of phosphoric ester groups is 1. The predicted molar refractivity (Wildman–Crippen MR) is 161 cm³/mol. The van der Waals surface area contributed by atoms with E-state index in [1.54, 1.807) is 6.08 Å². The summed E-state index contributed by atoms with van der Waals surface area (Å²) in [5.74, 6) is -0.211. The van der Waals surface area contributed by atoms with Gasteiger partial charge in [-0.25, -0.2) is 4.57 Å². The third kappa shape index (κ3) is 25.7. The molecule has 3 unspecified atom stereocenters. The summed E-state index contributed by atoms with van der Waals surface area (Å²) >= 11 is 0. The van der Waals surface area contributed by atoms with Crippen molar-refractivity contribution in [3.63, 3.8) is 0 Å². The second kappa shape index (κ2) is 27.2. The second-order valence-electron chi connectivity index (χ2n) is 10.3. The molecule has 0 aliphatic carbocycles. The van der Waals surface area contributed by atoms with Gasteiger partial charge in [-0.05, 0) is 25.7 Å². The number of allylic oxidation sites excluding steroid dienone is 3. The van der Waals surface area contributed by atoms with Crippen LogP contribution in [0.5, 0.6) is 0 Å². The Hall–Kier alpha value is -1.02. The maximum atomic E-state index is 12.5. The average molecular weight is 575 g/mol. The molecule has 0 aromatic carbocycles. The van der Waals surface area contributed by atoms with Crippen molar-refractivity contribution < 1.29 is 28.4 Å². The Kier molecular flexibility index (Phi) is 26.5. The maximum Gasteiger partial charge on any atom is 0.472 e. The Labute approximate surface area is 238 Å². The van der Waals surface area contributed by atoms with Crippen molar-refractivity contribution in [3.05, 3.63) is 24.3 Å². The predicted octanol–water partition coefficient (Wildman–Crippen LogP) is 7.10. The fourth-order valence-electron chi connectivity index (χ4n) is 4.13. The van der Waals surface area contributed by atoms with Gasteiger partial charge in [-0.1, -0.05) is 122 Å². The Balaban J connectivity index is 4.44. The molecule has 0 rings (SSSR count). The number of amides is 1. The van der Waals surface area contributed by atoms with Crippen molar-refractivity contribution in [2.75, 3.05) is 19.8 Å². The zero-order valence-corrected chi connectivity index (χ0v) is 25.8. The quantitative estimate of drug-likeness (QED) is 0.0445. The first-order chi connectivity index (χ1) is 18.9. The molecule has 5 N–H and O–H groups in total. The molecule has 0 bridgehead atoms. The Morgan fingerprint density at radius 1 is 0.821 bits per heavy atom. The van der Waals surface area contributed by atoms with Crippen LogP contribution in [0.2, 0.25) is 0 Å². The van der Waals surface area contributed by atoms with Crippen molar-refractivity contribution in [1.82, 2.24) is 5.32 Å². The van der Waals surface area contributed by atoms with Crippen LogP contribution in [-0.4, -0.2) is 47.8 Å². The highest BCUT2D eigenvalue weighted by Crippen LogP contribution is 2.43. The molecule has 0 spiro atoms. The first-order valence-corrected chi connectivity index (χ1v) is 17.0. The molecule has 3 atom stereocenters. The molecule has 0 aliphatic rings. The molecule has 0 aromatic heterocycles. The topological polar surface area (TPSA) is 131 Å². The fraction of sp³-hybridized carbons (Fsp3) is 0.833. The van der Waals surface area contributed by atoms with Crippen LogP contribution in [0.4, 0.5) is 0 Å². The lowest BCUT2D eigenvalue weighted by Crippen LogP contribution is -2.45. The Bertz CT molecular complexity index is 674. The Morgan fingerprint density at radius 2 is 1.36 bits per heavy atom. The van der Waals surface area contributed by atoms with Crippen molar-refractivity contribution >= 4 is 13.7 Å². The highest BCUT2D eigenvalue weighted by atomic mass is 31.2. The minimum absolute atomic E-state index is 0.0748. The molecule has 9 heteroatoms. The van der Waals surface area contributed by atoms with E-state index in [4.69, 9.17) is 14.8 Å². The number of unbranched alkanes of at least 4 members (excludes halogenated alkanes) is 14. The SMILES string of the molecule is CCCC/C=C/CC/C=C/C(O)C(COP(=O)(O)OCCN)NC(=O)CCCCCCCCCCCCCC. The number of phosphoric acid groups is 1. The van der Waals surface area contributed by atoms with Gasteiger partial charge in [-0.15, -0.1) is 0 Å². The van der Waals surface area contributed by atoms with E-state index >= 15 is 0 Å². The number of hydrogen-bond donors (Lipinski definition) is 4. The minimum Gasteiger partial charge on any atom is -0.387 e. The number of aliphatic hydroxyl groups excluding tert-OH is 1. The molecular formula is C30H59N2O6P. The molecule has 0 fully saturated rings. The summed E-state index contributed by atoms with van der Waals surface area (Å²) in [6, 6.07) is -0.867. The number of nitrogens with two attached hydrogens (primary N) is 1. The molecule has 0 heterocycles. The third-order valence-corrected chi connectivity index (χ3v) is 7.51. The monoisotopic (exact) mass is 574 g/mol. The summed E-state index contributed by atoms with van der Waals surface area (Å²) in [5.41, 5.74) is 5.31. The van der Waals surface area contributed by atoms with E-state index in [-0.39, 0.29) is 25.7 Å². The lowest BCUT2D eigenvalue weighted by Gasteiger charge is -2.23. The van der Waals surface area contributed by atoms with Gasteiger partial charge in [0, 0.05) is 13.0 Å². The van der Waals surface area contributed by atoms with Crippen molar-refractivity contribution in [3.8, 4) is 0 Å². The van der Waals surface area contributed by atoms with Crippen LogP contribution in [-0.2, 0) is 18.4 Å². The highest BCUT2D eigenvalue weighted by Gasteiger charge is 2.26. The van der Waals surface area contributed by atoms with Crippen LogP contribution >= 0.6 is 7.82 Å². The van der Waals surface area contributed by atoms with Crippen LogP contribution in [0.25, 0.3) is 0 Å². The lowest BCUT2D eigenvalue weighted by atomic mass is 10.0. The summed E-state index contributed by atoms with van der Waals surface area (Å²) < 4.78 is 21.8. The van der Waals surface area contributed by atoms with Gasteiger partial charge in [-0.3, -0.25) is 13.8 Å². The number of aliphatic hydroxyl groups is 1. The number of rotatable bonds is 28. The van der Waals surface area contributed by atoms with Crippen LogP contribution < -0.4 is 11.1 Å². The molecule has 0 saturated carbocycles. The minimum atomic E-state index is -4.32. The number of nitrogens with one attached hydrogen (secondary N) is 1. The number of carbonyl (C=O) groups excluding carboxylic acids is 1. The first kappa shape index (κ1) is 38.0. The zero-order valence-electron chi connectivity index (χ0n) is 24.9. The average Bonchev–Trinajstić information content (AvgIpc) is 2.91. The first-order valence-electron chi connectivity index (χ1n) is 15.5. The van der Waals surface area contributed by atoms with Crippen LogP contribution in [0.15, 0.2) is 24.3 Å². The maximum absolute atomic E-state index is 12.5. The van der Waals surface area contributed by atoms with Gasteiger partial charge in [0.1, 0.15) is 0 Å². The van der Waals surface area contributed by atoms with Gasteiger partial charge in [0.2, 0.25) is 5.91 Å². The van der Waals surface area contributed by atoms with Crippen LogP contribution in [0.1, 0.15) is 129 Å². The molecule has 0 saturated heterocycles. The molecule has 1 amide bonds. The molecule has 0 aliphatic heterocycles. The Morgan fingerprint density at radius 3 is 1.95 bits per heavy atom. The molecule has 230 valence electrons. The van der Waals surface area contributed by atoms with Gasteiger partial charge in [0.05, 0.1) is 25.4 Å². The van der Waals surface area contributed by atoms with E-state index < -0.39 is 20.0 Å². The van der Waals surface area contributed by atoms with E-state index in [1.165, 1.54) is 70.6 Å².